The minimum absolute atomic E-state index is 0.0214. The summed E-state index contributed by atoms with van der Waals surface area (Å²) in [5, 5.41) is 11.2. The van der Waals surface area contributed by atoms with Gasteiger partial charge >= 0.3 is 12.3 Å². The van der Waals surface area contributed by atoms with Crippen molar-refractivity contribution in [3.8, 4) is 11.4 Å². The molecule has 2 amide bonds. The van der Waals surface area contributed by atoms with E-state index in [0.29, 0.717) is 6.20 Å². The number of pyridine rings is 2. The van der Waals surface area contributed by atoms with E-state index >= 15 is 0 Å². The number of aromatic nitrogens is 6. The molecule has 0 spiro atoms. The Morgan fingerprint density at radius 1 is 1.08 bits per heavy atom. The van der Waals surface area contributed by atoms with E-state index in [1.807, 2.05) is 0 Å². The maximum absolute atomic E-state index is 13.9. The quantitative estimate of drug-likeness (QED) is 0.261. The number of nitrogens with one attached hydrogen (secondary N) is 2. The molecule has 0 aromatic carbocycles. The van der Waals surface area contributed by atoms with E-state index in [-0.39, 0.29) is 44.7 Å². The topological polar surface area (TPSA) is 137 Å². The van der Waals surface area contributed by atoms with Crippen molar-refractivity contribution in [2.24, 2.45) is 7.05 Å². The largest absolute Gasteiger partial charge is 0.443 e. The fourth-order valence-electron chi connectivity index (χ4n) is 3.06. The molecule has 0 aliphatic heterocycles. The summed E-state index contributed by atoms with van der Waals surface area (Å²) >= 11 is 0.273. The molecule has 11 nitrogen and oxygen atoms in total. The normalized spacial score (nSPS) is 12.2. The number of nitrogens with zero attached hydrogens (tertiary/aromatic N) is 6. The first kappa shape index (κ1) is 26.5. The van der Waals surface area contributed by atoms with Gasteiger partial charge in [0.25, 0.3) is 5.91 Å². The summed E-state index contributed by atoms with van der Waals surface area (Å²) in [6.07, 6.45) is -4.13. The molecule has 4 aromatic heterocycles. The van der Waals surface area contributed by atoms with Crippen LogP contribution >= 0.6 is 11.3 Å². The van der Waals surface area contributed by atoms with Gasteiger partial charge in [0.15, 0.2) is 16.5 Å². The standard InChI is InChI=1S/C21H15F5N8O3S/c1-9(12-5-11(22)7-28-16(12)23)37-20(36)31-17-15(32-33-34(17)2)13-4-3-10(6-27-13)18(35)30-14-8-29-19(38-14)21(24,25)26/h3-9H,1-2H3,(H,30,35)(H,31,36)/t9-/m1/s1. The van der Waals surface area contributed by atoms with Crippen LogP contribution in [-0.2, 0) is 18.0 Å². The fraction of sp³-hybridized carbons (Fsp3) is 0.190. The predicted molar refractivity (Wildman–Crippen MR) is 122 cm³/mol. The van der Waals surface area contributed by atoms with Gasteiger partial charge in [0, 0.05) is 13.2 Å². The number of hydrogen-bond acceptors (Lipinski definition) is 9. The van der Waals surface area contributed by atoms with E-state index in [1.165, 1.54) is 30.8 Å². The van der Waals surface area contributed by atoms with Crippen LogP contribution < -0.4 is 10.6 Å². The molecule has 198 valence electrons. The molecule has 4 heterocycles. The predicted octanol–water partition coefficient (Wildman–Crippen LogP) is 4.59. The summed E-state index contributed by atoms with van der Waals surface area (Å²) in [6.45, 7) is 1.32. The molecule has 0 saturated heterocycles. The molecule has 0 bridgehead atoms. The number of aryl methyl sites for hydroxylation is 1. The third-order valence-corrected chi connectivity index (χ3v) is 5.81. The van der Waals surface area contributed by atoms with Crippen LogP contribution in [0.1, 0.15) is 34.0 Å². The fourth-order valence-corrected chi connectivity index (χ4v) is 3.74. The number of halogens is 5. The lowest BCUT2D eigenvalue weighted by molar-refractivity contribution is -0.137. The first-order chi connectivity index (χ1) is 17.9. The second kappa shape index (κ2) is 10.4. The van der Waals surface area contributed by atoms with E-state index in [1.54, 1.807) is 0 Å². The van der Waals surface area contributed by atoms with Crippen molar-refractivity contribution >= 4 is 34.2 Å². The first-order valence-corrected chi connectivity index (χ1v) is 11.2. The maximum Gasteiger partial charge on any atom is 0.443 e. The smallest absolute Gasteiger partial charge is 0.441 e. The Morgan fingerprint density at radius 3 is 2.50 bits per heavy atom. The highest BCUT2D eigenvalue weighted by molar-refractivity contribution is 7.16. The van der Waals surface area contributed by atoms with Gasteiger partial charge in [-0.2, -0.15) is 17.6 Å². The minimum Gasteiger partial charge on any atom is -0.441 e. The van der Waals surface area contributed by atoms with E-state index in [2.05, 4.69) is 35.9 Å². The molecule has 0 radical (unpaired) electrons. The minimum atomic E-state index is -4.63. The summed E-state index contributed by atoms with van der Waals surface area (Å²) in [4.78, 5) is 35.4. The molecule has 0 aliphatic rings. The summed E-state index contributed by atoms with van der Waals surface area (Å²) in [5.41, 5.74) is 0.00975. The third-order valence-electron chi connectivity index (χ3n) is 4.86. The van der Waals surface area contributed by atoms with Gasteiger partial charge in [0.2, 0.25) is 5.95 Å². The van der Waals surface area contributed by atoms with Crippen molar-refractivity contribution in [3.05, 3.63) is 64.7 Å². The number of carbonyl (C=O) groups is 2. The number of alkyl halides is 3. The van der Waals surface area contributed by atoms with Crippen LogP contribution in [0, 0.1) is 11.8 Å². The Bertz CT molecular complexity index is 1490. The molecule has 0 fully saturated rings. The molecular weight excluding hydrogens is 539 g/mol. The molecule has 2 N–H and O–H groups in total. The lowest BCUT2D eigenvalue weighted by Gasteiger charge is -2.15. The molecule has 4 aromatic rings. The Kier molecular flexibility index (Phi) is 7.29. The Balaban J connectivity index is 1.45. The first-order valence-electron chi connectivity index (χ1n) is 10.4. The highest BCUT2D eigenvalue weighted by Gasteiger charge is 2.34. The van der Waals surface area contributed by atoms with Crippen LogP contribution in [0.3, 0.4) is 0 Å². The number of ether oxygens (including phenoxy) is 1. The zero-order valence-electron chi connectivity index (χ0n) is 19.2. The van der Waals surface area contributed by atoms with Crippen LogP contribution in [0.5, 0.6) is 0 Å². The van der Waals surface area contributed by atoms with E-state index < -0.39 is 41.1 Å². The van der Waals surface area contributed by atoms with Crippen molar-refractivity contribution in [1.82, 2.24) is 29.9 Å². The zero-order chi connectivity index (χ0) is 27.6. The zero-order valence-corrected chi connectivity index (χ0v) is 20.1. The molecule has 17 heteroatoms. The van der Waals surface area contributed by atoms with E-state index in [0.717, 1.165) is 18.5 Å². The average molecular weight is 554 g/mol. The number of amides is 2. The molecule has 0 unspecified atom stereocenters. The second-order valence-corrected chi connectivity index (χ2v) is 8.56. The van der Waals surface area contributed by atoms with Crippen molar-refractivity contribution in [2.45, 2.75) is 19.2 Å². The van der Waals surface area contributed by atoms with Crippen molar-refractivity contribution in [2.75, 3.05) is 10.6 Å². The summed E-state index contributed by atoms with van der Waals surface area (Å²) in [7, 11) is 1.46. The molecule has 4 rings (SSSR count). The van der Waals surface area contributed by atoms with Crippen LogP contribution in [0.2, 0.25) is 0 Å². The van der Waals surface area contributed by atoms with Crippen LogP contribution in [-0.4, -0.2) is 41.9 Å². The van der Waals surface area contributed by atoms with E-state index in [9.17, 15) is 31.5 Å². The summed E-state index contributed by atoms with van der Waals surface area (Å²) < 4.78 is 71.6. The lowest BCUT2D eigenvalue weighted by atomic mass is 10.2. The second-order valence-electron chi connectivity index (χ2n) is 7.53. The van der Waals surface area contributed by atoms with Gasteiger partial charge in [0.05, 0.1) is 29.2 Å². The monoisotopic (exact) mass is 554 g/mol. The van der Waals surface area contributed by atoms with Gasteiger partial charge < -0.3 is 10.1 Å². The molecular formula is C21H15F5N8O3S. The van der Waals surface area contributed by atoms with Crippen molar-refractivity contribution in [1.29, 1.82) is 0 Å². The summed E-state index contributed by atoms with van der Waals surface area (Å²) in [6, 6.07) is 3.56. The molecule has 0 saturated carbocycles. The third kappa shape index (κ3) is 5.88. The van der Waals surface area contributed by atoms with Gasteiger partial charge in [-0.1, -0.05) is 16.6 Å². The highest BCUT2D eigenvalue weighted by Crippen LogP contribution is 2.34. The Hall–Kier alpha value is -4.54. The number of hydrogen-bond donors (Lipinski definition) is 2. The van der Waals surface area contributed by atoms with Gasteiger partial charge in [-0.05, 0) is 25.1 Å². The number of anilines is 2. The van der Waals surface area contributed by atoms with Crippen molar-refractivity contribution in [3.63, 3.8) is 0 Å². The number of thiazole rings is 1. The maximum atomic E-state index is 13.9. The van der Waals surface area contributed by atoms with Crippen LogP contribution in [0.4, 0.5) is 37.6 Å². The Labute approximate surface area is 213 Å². The van der Waals surface area contributed by atoms with Gasteiger partial charge in [-0.15, -0.1) is 5.10 Å². The van der Waals surface area contributed by atoms with Crippen LogP contribution in [0.15, 0.2) is 36.8 Å². The van der Waals surface area contributed by atoms with Gasteiger partial charge in [-0.3, -0.25) is 15.1 Å². The molecule has 38 heavy (non-hydrogen) atoms. The number of carbonyl (C=O) groups excluding carboxylic acids is 2. The average Bonchev–Trinajstić information content (AvgIpc) is 3.47. The Morgan fingerprint density at radius 2 is 1.84 bits per heavy atom. The van der Waals surface area contributed by atoms with Gasteiger partial charge in [-0.25, -0.2) is 23.8 Å². The van der Waals surface area contributed by atoms with Crippen molar-refractivity contribution < 1.29 is 36.3 Å². The summed E-state index contributed by atoms with van der Waals surface area (Å²) in [5.74, 6) is -2.50. The SMILES string of the molecule is C[C@@H](OC(=O)Nc1c(-c2ccc(C(=O)Nc3cnc(C(F)(F)F)s3)cn2)nnn1C)c1cc(F)cnc1F. The molecule has 0 aliphatic carbocycles. The lowest BCUT2D eigenvalue weighted by Crippen LogP contribution is -2.19. The number of rotatable bonds is 6. The van der Waals surface area contributed by atoms with Gasteiger partial charge in [0.1, 0.15) is 16.9 Å². The van der Waals surface area contributed by atoms with E-state index in [4.69, 9.17) is 4.74 Å². The highest BCUT2D eigenvalue weighted by atomic mass is 32.1. The molecule has 1 atom stereocenters. The van der Waals surface area contributed by atoms with Crippen LogP contribution in [0.25, 0.3) is 11.4 Å².